The molecule has 2 amide bonds. The summed E-state index contributed by atoms with van der Waals surface area (Å²) in [5.41, 5.74) is 0.453. The number of Topliss-reactive ketones (excluding diaryl/α,β-unsaturated/α-hetero) is 1. The molecule has 2 bridgehead atoms. The zero-order chi connectivity index (χ0) is 22.6. The Morgan fingerprint density at radius 2 is 1.66 bits per heavy atom. The van der Waals surface area contributed by atoms with E-state index in [1.807, 2.05) is 12.3 Å². The number of likely N-dealkylation sites (tertiary alicyclic amines) is 1. The Morgan fingerprint density at radius 1 is 1.06 bits per heavy atom. The van der Waals surface area contributed by atoms with Gasteiger partial charge in [-0.25, -0.2) is 4.79 Å². The molecule has 8 unspecified atom stereocenters. The van der Waals surface area contributed by atoms with Crippen LogP contribution in [0.25, 0.3) is 0 Å². The van der Waals surface area contributed by atoms with Crippen molar-refractivity contribution in [3.8, 4) is 0 Å². The molecule has 0 N–H and O–H groups in total. The lowest BCUT2D eigenvalue weighted by atomic mass is 9.63. The summed E-state index contributed by atoms with van der Waals surface area (Å²) < 4.78 is 5.53. The normalized spacial score (nSPS) is 33.5. The van der Waals surface area contributed by atoms with Crippen LogP contribution in [0.5, 0.6) is 0 Å². The molecular formula is C25H27NO5S. The number of amides is 2. The largest absolute Gasteiger partial charge is 0.453 e. The Hall–Kier alpha value is -2.41. The molecule has 6 nitrogen and oxygen atoms in total. The fraction of sp³-hybridized carbons (Fsp3) is 0.520. The molecule has 1 aliphatic heterocycles. The number of benzene rings is 1. The number of hydrogen-bond acceptors (Lipinski definition) is 6. The van der Waals surface area contributed by atoms with Crippen molar-refractivity contribution in [2.45, 2.75) is 31.9 Å². The Bertz CT molecular complexity index is 955. The number of carbonyl (C=O) groups excluding carboxylic acids is 4. The van der Waals surface area contributed by atoms with E-state index in [0.717, 1.165) is 6.42 Å². The van der Waals surface area contributed by atoms with Crippen LogP contribution in [-0.2, 0) is 19.1 Å². The Kier molecular flexibility index (Phi) is 5.48. The molecule has 4 aliphatic carbocycles. The molecule has 5 aliphatic rings. The van der Waals surface area contributed by atoms with E-state index in [4.69, 9.17) is 4.74 Å². The highest BCUT2D eigenvalue weighted by atomic mass is 32.2. The number of ether oxygens (including phenoxy) is 1. The topological polar surface area (TPSA) is 80.8 Å². The molecule has 32 heavy (non-hydrogen) atoms. The van der Waals surface area contributed by atoms with E-state index in [2.05, 4.69) is 12.2 Å². The highest BCUT2D eigenvalue weighted by Gasteiger charge is 2.68. The standard InChI is InChI=1S/C25H27NO5S/c1-13(22(27)14-6-4-3-5-7-14)31-25(30)19(10-11-32-2)26-23(28)20-15-8-9-16(18-12-17(15)18)21(20)24(26)29/h3-9,13,15-21H,10-12H2,1-2H3. The van der Waals surface area contributed by atoms with E-state index < -0.39 is 18.1 Å². The molecule has 8 atom stereocenters. The van der Waals surface area contributed by atoms with Crippen molar-refractivity contribution >= 4 is 35.3 Å². The van der Waals surface area contributed by atoms with E-state index in [-0.39, 0.29) is 41.3 Å². The van der Waals surface area contributed by atoms with Gasteiger partial charge in [0.25, 0.3) is 0 Å². The van der Waals surface area contributed by atoms with E-state index in [1.165, 1.54) is 11.8 Å². The highest BCUT2D eigenvalue weighted by Crippen LogP contribution is 2.65. The van der Waals surface area contributed by atoms with Crippen molar-refractivity contribution in [2.75, 3.05) is 12.0 Å². The van der Waals surface area contributed by atoms with Crippen molar-refractivity contribution in [3.63, 3.8) is 0 Å². The average Bonchev–Trinajstić information content (AvgIpc) is 3.59. The van der Waals surface area contributed by atoms with Gasteiger partial charge in [0, 0.05) is 5.56 Å². The van der Waals surface area contributed by atoms with E-state index >= 15 is 0 Å². The number of ketones is 1. The first-order valence-electron chi connectivity index (χ1n) is 11.3. The SMILES string of the molecule is CSCCC(C(=O)OC(C)C(=O)c1ccccc1)N1C(=O)C2C3C=CC(C4CC34)C2C1=O. The highest BCUT2D eigenvalue weighted by molar-refractivity contribution is 7.98. The molecule has 168 valence electrons. The second-order valence-electron chi connectivity index (χ2n) is 9.31. The first-order chi connectivity index (χ1) is 15.4. The minimum absolute atomic E-state index is 0.104. The predicted octanol–water partition coefficient (Wildman–Crippen LogP) is 2.98. The summed E-state index contributed by atoms with van der Waals surface area (Å²) in [5.74, 6) is -0.360. The molecule has 0 aromatic heterocycles. The van der Waals surface area contributed by atoms with Crippen LogP contribution in [0.4, 0.5) is 0 Å². The predicted molar refractivity (Wildman–Crippen MR) is 120 cm³/mol. The number of esters is 1. The van der Waals surface area contributed by atoms with Crippen LogP contribution in [0.2, 0.25) is 0 Å². The first-order valence-corrected chi connectivity index (χ1v) is 12.7. The summed E-state index contributed by atoms with van der Waals surface area (Å²) in [5, 5.41) is 0. The van der Waals surface area contributed by atoms with Gasteiger partial charge in [-0.1, -0.05) is 42.5 Å². The molecule has 1 aromatic rings. The van der Waals surface area contributed by atoms with Crippen molar-refractivity contribution in [3.05, 3.63) is 48.0 Å². The van der Waals surface area contributed by atoms with Gasteiger partial charge in [-0.05, 0) is 55.4 Å². The average molecular weight is 454 g/mol. The molecular weight excluding hydrogens is 426 g/mol. The number of rotatable bonds is 8. The number of hydrogen-bond donors (Lipinski definition) is 0. The molecule has 6 rings (SSSR count). The maximum absolute atomic E-state index is 13.4. The molecule has 1 aromatic carbocycles. The second kappa shape index (κ2) is 8.18. The maximum atomic E-state index is 13.4. The molecule has 1 saturated heterocycles. The van der Waals surface area contributed by atoms with Crippen LogP contribution in [0, 0.1) is 35.5 Å². The van der Waals surface area contributed by atoms with Gasteiger partial charge < -0.3 is 4.74 Å². The summed E-state index contributed by atoms with van der Waals surface area (Å²) in [6.07, 6.45) is 6.55. The summed E-state index contributed by atoms with van der Waals surface area (Å²) in [7, 11) is 0. The number of imide groups is 1. The maximum Gasteiger partial charge on any atom is 0.330 e. The summed E-state index contributed by atoms with van der Waals surface area (Å²) in [4.78, 5) is 53.9. The van der Waals surface area contributed by atoms with E-state index in [9.17, 15) is 19.2 Å². The van der Waals surface area contributed by atoms with E-state index in [0.29, 0.717) is 29.6 Å². The van der Waals surface area contributed by atoms with Crippen LogP contribution in [-0.4, -0.2) is 52.6 Å². The van der Waals surface area contributed by atoms with Gasteiger partial charge in [0.05, 0.1) is 11.8 Å². The minimum Gasteiger partial charge on any atom is -0.453 e. The molecule has 1 heterocycles. The van der Waals surface area contributed by atoms with Crippen molar-refractivity contribution < 1.29 is 23.9 Å². The molecule has 0 spiro atoms. The van der Waals surface area contributed by atoms with E-state index in [1.54, 1.807) is 36.0 Å². The third-order valence-corrected chi connectivity index (χ3v) is 8.24. The number of nitrogens with zero attached hydrogens (tertiary/aromatic N) is 1. The zero-order valence-electron chi connectivity index (χ0n) is 18.2. The van der Waals surface area contributed by atoms with Gasteiger partial charge in [0.2, 0.25) is 17.6 Å². The zero-order valence-corrected chi connectivity index (χ0v) is 19.0. The number of carbonyl (C=O) groups is 4. The first kappa shape index (κ1) is 21.4. The smallest absolute Gasteiger partial charge is 0.330 e. The molecule has 2 saturated carbocycles. The Morgan fingerprint density at radius 3 is 2.22 bits per heavy atom. The third-order valence-electron chi connectivity index (χ3n) is 7.60. The molecule has 3 fully saturated rings. The number of allylic oxidation sites excluding steroid dienone is 2. The van der Waals surface area contributed by atoms with Crippen molar-refractivity contribution in [1.82, 2.24) is 4.90 Å². The summed E-state index contributed by atoms with van der Waals surface area (Å²) in [6.45, 7) is 1.53. The second-order valence-corrected chi connectivity index (χ2v) is 10.3. The Labute approximate surface area is 191 Å². The van der Waals surface area contributed by atoms with Gasteiger partial charge >= 0.3 is 5.97 Å². The van der Waals surface area contributed by atoms with Crippen LogP contribution < -0.4 is 0 Å². The van der Waals surface area contributed by atoms with Crippen LogP contribution in [0.1, 0.15) is 30.1 Å². The van der Waals surface area contributed by atoms with Gasteiger partial charge in [-0.15, -0.1) is 0 Å². The number of thioether (sulfide) groups is 1. The quantitative estimate of drug-likeness (QED) is 0.261. The molecule has 7 heteroatoms. The fourth-order valence-corrected chi connectivity index (χ4v) is 6.47. The lowest BCUT2D eigenvalue weighted by molar-refractivity contribution is -0.160. The summed E-state index contributed by atoms with van der Waals surface area (Å²) in [6, 6.07) is 7.66. The van der Waals surface area contributed by atoms with Gasteiger partial charge in [-0.2, -0.15) is 11.8 Å². The fourth-order valence-electron chi connectivity index (χ4n) is 6.01. The Balaban J connectivity index is 1.36. The van der Waals surface area contributed by atoms with Gasteiger partial charge in [0.1, 0.15) is 6.04 Å². The van der Waals surface area contributed by atoms with Gasteiger partial charge in [0.15, 0.2) is 6.10 Å². The minimum atomic E-state index is -0.998. The third kappa shape index (κ3) is 3.33. The lowest BCUT2D eigenvalue weighted by Crippen LogP contribution is -2.48. The lowest BCUT2D eigenvalue weighted by Gasteiger charge is -2.37. The van der Waals surface area contributed by atoms with Crippen molar-refractivity contribution in [2.24, 2.45) is 35.5 Å². The van der Waals surface area contributed by atoms with Crippen LogP contribution in [0.3, 0.4) is 0 Å². The monoisotopic (exact) mass is 453 g/mol. The van der Waals surface area contributed by atoms with Crippen molar-refractivity contribution in [1.29, 1.82) is 0 Å². The van der Waals surface area contributed by atoms with Crippen LogP contribution in [0.15, 0.2) is 42.5 Å². The van der Waals surface area contributed by atoms with Crippen LogP contribution >= 0.6 is 11.8 Å². The van der Waals surface area contributed by atoms with Gasteiger partial charge in [-0.3, -0.25) is 19.3 Å². The molecule has 0 radical (unpaired) electrons. The summed E-state index contributed by atoms with van der Waals surface area (Å²) >= 11 is 1.54.